The van der Waals surface area contributed by atoms with Crippen molar-refractivity contribution < 1.29 is 29.1 Å². The van der Waals surface area contributed by atoms with E-state index in [1.807, 2.05) is 51.4 Å². The predicted molar refractivity (Wildman–Crippen MR) is 174 cm³/mol. The quantitative estimate of drug-likeness (QED) is 0.118. The lowest BCUT2D eigenvalue weighted by Gasteiger charge is -2.40. The second-order valence-corrected chi connectivity index (χ2v) is 11.5. The number of hydrogen-bond acceptors (Lipinski definition) is 8. The molecule has 4 amide bonds. The Labute approximate surface area is 268 Å². The van der Waals surface area contributed by atoms with Gasteiger partial charge in [-0.3, -0.25) is 24.0 Å². The van der Waals surface area contributed by atoms with E-state index < -0.39 is 35.5 Å². The van der Waals surface area contributed by atoms with Crippen LogP contribution in [-0.2, 0) is 30.4 Å². The molecule has 0 radical (unpaired) electrons. The van der Waals surface area contributed by atoms with Crippen molar-refractivity contribution in [2.75, 3.05) is 40.3 Å². The van der Waals surface area contributed by atoms with Gasteiger partial charge >= 0.3 is 5.97 Å². The van der Waals surface area contributed by atoms with Gasteiger partial charge in [0.05, 0.1) is 0 Å². The summed E-state index contributed by atoms with van der Waals surface area (Å²) >= 11 is 0. The minimum Gasteiger partial charge on any atom is -0.480 e. The number of nitrogens with two attached hydrogens (primary N) is 1. The molecule has 254 valence electrons. The Morgan fingerprint density at radius 3 is 2.27 bits per heavy atom. The first-order chi connectivity index (χ1) is 21.0. The maximum Gasteiger partial charge on any atom is 0.323 e. The van der Waals surface area contributed by atoms with Crippen LogP contribution in [0, 0.1) is 0 Å². The molecule has 0 bridgehead atoms. The number of piperidine rings is 1. The molecule has 0 spiro atoms. The number of hydrogen-bond donors (Lipinski definition) is 6. The third kappa shape index (κ3) is 11.4. The molecule has 2 aliphatic rings. The summed E-state index contributed by atoms with van der Waals surface area (Å²) in [4.78, 5) is 66.4. The van der Waals surface area contributed by atoms with Gasteiger partial charge in [-0.05, 0) is 78.2 Å². The fourth-order valence-electron chi connectivity index (χ4n) is 5.54. The summed E-state index contributed by atoms with van der Waals surface area (Å²) in [5.41, 5.74) is 5.50. The lowest BCUT2D eigenvalue weighted by Crippen LogP contribution is -2.60. The summed E-state index contributed by atoms with van der Waals surface area (Å²) in [5.74, 6) is -2.12. The molecule has 3 rings (SSSR count). The zero-order valence-corrected chi connectivity index (χ0v) is 26.5. The van der Waals surface area contributed by atoms with Crippen molar-refractivity contribution >= 4 is 30.1 Å². The van der Waals surface area contributed by atoms with Crippen LogP contribution in [0.15, 0.2) is 30.3 Å². The molecule has 1 aromatic rings. The third-order valence-corrected chi connectivity index (χ3v) is 8.31. The second kappa shape index (κ2) is 19.8. The summed E-state index contributed by atoms with van der Waals surface area (Å²) in [5, 5.41) is 20.8. The zero-order valence-electron chi connectivity index (χ0n) is 26.5. The van der Waals surface area contributed by atoms with Gasteiger partial charge in [0.1, 0.15) is 23.7 Å². The maximum atomic E-state index is 13.7. The minimum atomic E-state index is -1.36. The van der Waals surface area contributed by atoms with Gasteiger partial charge in [0, 0.05) is 25.6 Å². The van der Waals surface area contributed by atoms with Crippen molar-refractivity contribution in [1.82, 2.24) is 31.1 Å². The Morgan fingerprint density at radius 1 is 1.11 bits per heavy atom. The van der Waals surface area contributed by atoms with Crippen LogP contribution in [0.25, 0.3) is 0 Å². The number of likely N-dealkylation sites (tertiary alicyclic amines) is 2. The number of nitrogens with zero attached hydrogens (tertiary/aromatic N) is 2. The van der Waals surface area contributed by atoms with E-state index in [-0.39, 0.29) is 57.6 Å². The summed E-state index contributed by atoms with van der Waals surface area (Å²) in [7, 11) is 3.78. The topological polar surface area (TPSA) is 186 Å². The molecule has 13 nitrogen and oxygen atoms in total. The van der Waals surface area contributed by atoms with Crippen molar-refractivity contribution in [1.29, 1.82) is 0 Å². The zero-order chi connectivity index (χ0) is 32.7. The number of carbonyl (C=O) groups excluding carboxylic acids is 4. The summed E-state index contributed by atoms with van der Waals surface area (Å²) < 4.78 is 0. The summed E-state index contributed by atoms with van der Waals surface area (Å²) in [6.45, 7) is 6.16. The number of carboxylic acid groups (broad SMARTS) is 1. The van der Waals surface area contributed by atoms with Crippen molar-refractivity contribution in [3.63, 3.8) is 0 Å². The van der Waals surface area contributed by atoms with Crippen LogP contribution < -0.4 is 27.0 Å². The minimum absolute atomic E-state index is 0. The van der Waals surface area contributed by atoms with Gasteiger partial charge in [-0.25, -0.2) is 0 Å². The monoisotopic (exact) mass is 633 g/mol. The number of aliphatic carboxylic acids is 1. The van der Waals surface area contributed by atoms with Crippen LogP contribution in [0.3, 0.4) is 0 Å². The van der Waals surface area contributed by atoms with Crippen LogP contribution >= 0.6 is 0 Å². The summed E-state index contributed by atoms with van der Waals surface area (Å²) in [6, 6.07) is 6.54. The number of carbonyl (C=O) groups is 5. The average molecular weight is 634 g/mol. The molecule has 13 heteroatoms. The van der Waals surface area contributed by atoms with Crippen LogP contribution in [0.1, 0.15) is 65.4 Å². The van der Waals surface area contributed by atoms with Gasteiger partial charge in [0.15, 0.2) is 0 Å². The number of benzene rings is 1. The van der Waals surface area contributed by atoms with Gasteiger partial charge in [0.25, 0.3) is 0 Å². The van der Waals surface area contributed by atoms with E-state index in [1.165, 1.54) is 0 Å². The molecule has 3 unspecified atom stereocenters. The molecule has 1 aromatic carbocycles. The molecule has 0 saturated carbocycles. The van der Waals surface area contributed by atoms with E-state index in [0.717, 1.165) is 25.1 Å². The van der Waals surface area contributed by atoms with Crippen molar-refractivity contribution in [3.8, 4) is 0 Å². The number of amides is 4. The van der Waals surface area contributed by atoms with Crippen LogP contribution in [-0.4, -0.2) is 115 Å². The Hall–Kier alpha value is -3.55. The highest BCUT2D eigenvalue weighted by atomic mass is 16.4. The molecule has 7 N–H and O–H groups in total. The Morgan fingerprint density at radius 2 is 1.73 bits per heavy atom. The molecule has 2 fully saturated rings. The highest BCUT2D eigenvalue weighted by molar-refractivity contribution is 5.95. The first kappa shape index (κ1) is 39.5. The molecular formula is C32H55N7O6. The number of nitrogens with one attached hydrogen (secondary N) is 4. The highest BCUT2D eigenvalue weighted by Gasteiger charge is 2.46. The lowest BCUT2D eigenvalue weighted by atomic mass is 9.88. The maximum absolute atomic E-state index is 13.7. The summed E-state index contributed by atoms with van der Waals surface area (Å²) in [6.07, 6.45) is 3.31. The van der Waals surface area contributed by atoms with Gasteiger partial charge in [-0.1, -0.05) is 44.7 Å². The Kier molecular flexibility index (Phi) is 17.3. The Balaban J connectivity index is 0.00000191. The molecule has 4 atom stereocenters. The smallest absolute Gasteiger partial charge is 0.323 e. The van der Waals surface area contributed by atoms with Gasteiger partial charge < -0.3 is 41.9 Å². The molecule has 45 heavy (non-hydrogen) atoms. The van der Waals surface area contributed by atoms with Crippen LogP contribution in [0.2, 0.25) is 0 Å². The van der Waals surface area contributed by atoms with Gasteiger partial charge in [-0.15, -0.1) is 0 Å². The number of unbranched alkanes of at least 4 members (excludes halogenated alkanes) is 1. The molecule has 2 saturated heterocycles. The average Bonchev–Trinajstić information content (AvgIpc) is 3.29. The van der Waals surface area contributed by atoms with Gasteiger partial charge in [-0.2, -0.15) is 0 Å². The van der Waals surface area contributed by atoms with Crippen molar-refractivity contribution in [2.24, 2.45) is 5.73 Å². The SMILES string of the molecule is C.CCNC.CNCCCCC(C(=O)N1CCC(N)(C(=O)O)CC1)N1C(=O)[C@H](NC(=O)C(Cc2ccccc2)NC=O)CC1C. The van der Waals surface area contributed by atoms with Crippen LogP contribution in [0.5, 0.6) is 0 Å². The molecule has 2 heterocycles. The second-order valence-electron chi connectivity index (χ2n) is 11.5. The molecule has 2 aliphatic heterocycles. The molecule has 0 aromatic heterocycles. The predicted octanol–water partition coefficient (Wildman–Crippen LogP) is 0.474. The van der Waals surface area contributed by atoms with Crippen molar-refractivity contribution in [3.05, 3.63) is 35.9 Å². The van der Waals surface area contributed by atoms with E-state index >= 15 is 0 Å². The fourth-order valence-corrected chi connectivity index (χ4v) is 5.54. The highest BCUT2D eigenvalue weighted by Crippen LogP contribution is 2.28. The number of carboxylic acids is 1. The van der Waals surface area contributed by atoms with E-state index in [9.17, 15) is 29.1 Å². The fraction of sp³-hybridized carbons (Fsp3) is 0.656. The molecule has 0 aliphatic carbocycles. The third-order valence-electron chi connectivity index (χ3n) is 8.31. The molecular weight excluding hydrogens is 578 g/mol. The number of rotatable bonds is 15. The Bertz CT molecular complexity index is 1080. The first-order valence-electron chi connectivity index (χ1n) is 15.5. The van der Waals surface area contributed by atoms with E-state index in [2.05, 4.69) is 28.2 Å². The van der Waals surface area contributed by atoms with Crippen molar-refractivity contribution in [2.45, 2.75) is 95.9 Å². The van der Waals surface area contributed by atoms with E-state index in [1.54, 1.807) is 9.80 Å². The normalized spacial score (nSPS) is 20.2. The lowest BCUT2D eigenvalue weighted by molar-refractivity contribution is -0.151. The first-order valence-corrected chi connectivity index (χ1v) is 15.5. The van der Waals surface area contributed by atoms with E-state index in [0.29, 0.717) is 25.7 Å². The standard InChI is InChI=1S/C28H42N6O6.C3H9N.CH4/c1-19-16-22(32-24(36)21(31-18-35)17-20-8-4-3-5-9-20)25(37)34(19)23(10-6-7-13-30-2)26(38)33-14-11-28(29,12-15-33)27(39)40;1-3-4-2;/h3-5,8-9,18-19,21-23,30H,6-7,10-17,29H2,1-2H3,(H,31,35)(H,32,36)(H,39,40);4H,3H2,1-2H3;1H4/t19?,21?,22-,23?;;/m1../s1. The van der Waals surface area contributed by atoms with Gasteiger partial charge in [0.2, 0.25) is 24.1 Å². The largest absolute Gasteiger partial charge is 0.480 e. The van der Waals surface area contributed by atoms with E-state index in [4.69, 9.17) is 5.73 Å². The van der Waals surface area contributed by atoms with Crippen LogP contribution in [0.4, 0.5) is 0 Å².